The maximum absolute atomic E-state index is 13.3. The summed E-state index contributed by atoms with van der Waals surface area (Å²) in [4.78, 5) is 0. The van der Waals surface area contributed by atoms with Crippen LogP contribution in [0, 0.1) is 23.3 Å². The third-order valence-electron chi connectivity index (χ3n) is 2.00. The highest BCUT2D eigenvalue weighted by Crippen LogP contribution is 2.26. The predicted molar refractivity (Wildman–Crippen MR) is 56.6 cm³/mol. The molecule has 1 aromatic heterocycles. The molecule has 0 bridgehead atoms. The second kappa shape index (κ2) is 4.77. The lowest BCUT2D eigenvalue weighted by Crippen LogP contribution is -2.04. The largest absolute Gasteiger partial charge is 0.334 e. The summed E-state index contributed by atoms with van der Waals surface area (Å²) in [6, 6.07) is 2.66. The summed E-state index contributed by atoms with van der Waals surface area (Å²) in [5, 5.41) is 8.99. The summed E-state index contributed by atoms with van der Waals surface area (Å²) in [5.74, 6) is -6.24. The van der Waals surface area contributed by atoms with E-state index in [-0.39, 0.29) is 17.0 Å². The van der Waals surface area contributed by atoms with Crippen molar-refractivity contribution in [3.8, 4) is 0 Å². The van der Waals surface area contributed by atoms with Crippen LogP contribution in [0.15, 0.2) is 18.2 Å². The van der Waals surface area contributed by atoms with Gasteiger partial charge < -0.3 is 5.32 Å². The highest BCUT2D eigenvalue weighted by atomic mass is 35.5. The van der Waals surface area contributed by atoms with Crippen molar-refractivity contribution in [3.63, 3.8) is 0 Å². The van der Waals surface area contributed by atoms with Gasteiger partial charge in [-0.3, -0.25) is 0 Å². The monoisotopic (exact) mass is 277 g/mol. The fraction of sp³-hybridized carbons (Fsp3) is 0. The van der Waals surface area contributed by atoms with Crippen molar-refractivity contribution < 1.29 is 17.6 Å². The lowest BCUT2D eigenvalue weighted by Gasteiger charge is -2.08. The predicted octanol–water partition coefficient (Wildman–Crippen LogP) is 3.43. The lowest BCUT2D eigenvalue weighted by atomic mass is 10.2. The molecular weight excluding hydrogens is 274 g/mol. The number of nitrogens with zero attached hydrogens (tertiary/aromatic N) is 2. The maximum Gasteiger partial charge on any atom is 0.185 e. The van der Waals surface area contributed by atoms with E-state index in [4.69, 9.17) is 11.6 Å². The van der Waals surface area contributed by atoms with Crippen LogP contribution in [0.5, 0.6) is 0 Å². The molecule has 0 spiro atoms. The van der Waals surface area contributed by atoms with Gasteiger partial charge >= 0.3 is 0 Å². The van der Waals surface area contributed by atoms with Gasteiger partial charge in [-0.1, -0.05) is 11.6 Å². The Bertz CT molecular complexity index is 562. The topological polar surface area (TPSA) is 37.8 Å². The number of rotatable bonds is 2. The van der Waals surface area contributed by atoms with Crippen molar-refractivity contribution in [1.82, 2.24) is 10.2 Å². The fourth-order valence-corrected chi connectivity index (χ4v) is 1.29. The third-order valence-corrected chi connectivity index (χ3v) is 2.20. The standard InChI is InChI=1S/C10H4ClF4N3/c11-6-1-2-7(18-17-6)16-10-8(14)4(12)3-5(13)9(10)15/h1-3H,(H,16,18). The molecule has 0 atom stereocenters. The Hall–Kier alpha value is -1.89. The zero-order valence-corrected chi connectivity index (χ0v) is 9.27. The van der Waals surface area contributed by atoms with E-state index in [1.165, 1.54) is 12.1 Å². The highest BCUT2D eigenvalue weighted by molar-refractivity contribution is 6.29. The molecule has 94 valence electrons. The van der Waals surface area contributed by atoms with E-state index in [1.54, 1.807) is 0 Å². The Morgan fingerprint density at radius 2 is 1.56 bits per heavy atom. The van der Waals surface area contributed by atoms with Crippen LogP contribution in [-0.2, 0) is 0 Å². The van der Waals surface area contributed by atoms with E-state index in [1.807, 2.05) is 0 Å². The van der Waals surface area contributed by atoms with Gasteiger partial charge in [0.05, 0.1) is 0 Å². The van der Waals surface area contributed by atoms with Gasteiger partial charge in [-0.15, -0.1) is 10.2 Å². The molecule has 2 rings (SSSR count). The Kier molecular flexibility index (Phi) is 3.33. The molecule has 1 heterocycles. The lowest BCUT2D eigenvalue weighted by molar-refractivity contribution is 0.459. The van der Waals surface area contributed by atoms with E-state index < -0.39 is 29.0 Å². The second-order valence-corrected chi connectivity index (χ2v) is 3.60. The van der Waals surface area contributed by atoms with Gasteiger partial charge in [0, 0.05) is 6.07 Å². The van der Waals surface area contributed by atoms with E-state index in [0.29, 0.717) is 0 Å². The van der Waals surface area contributed by atoms with Gasteiger partial charge in [-0.2, -0.15) is 0 Å². The van der Waals surface area contributed by atoms with E-state index >= 15 is 0 Å². The van der Waals surface area contributed by atoms with Crippen LogP contribution in [-0.4, -0.2) is 10.2 Å². The average Bonchev–Trinajstić information content (AvgIpc) is 2.34. The molecule has 0 amide bonds. The molecule has 0 saturated heterocycles. The van der Waals surface area contributed by atoms with Gasteiger partial charge in [0.1, 0.15) is 5.69 Å². The Morgan fingerprint density at radius 3 is 2.06 bits per heavy atom. The van der Waals surface area contributed by atoms with Crippen LogP contribution in [0.1, 0.15) is 0 Å². The van der Waals surface area contributed by atoms with Crippen LogP contribution in [0.4, 0.5) is 29.1 Å². The number of aromatic nitrogens is 2. The molecule has 3 nitrogen and oxygen atoms in total. The van der Waals surface area contributed by atoms with Crippen molar-refractivity contribution >= 4 is 23.1 Å². The molecule has 0 aliphatic heterocycles. The number of nitrogens with one attached hydrogen (secondary N) is 1. The molecule has 8 heteroatoms. The molecule has 2 aromatic rings. The molecule has 18 heavy (non-hydrogen) atoms. The van der Waals surface area contributed by atoms with Crippen molar-refractivity contribution in [2.45, 2.75) is 0 Å². The normalized spacial score (nSPS) is 10.5. The minimum absolute atomic E-state index is 0.0620. The molecule has 1 N–H and O–H groups in total. The van der Waals surface area contributed by atoms with Crippen molar-refractivity contribution in [3.05, 3.63) is 46.6 Å². The first kappa shape index (κ1) is 12.6. The van der Waals surface area contributed by atoms with Gasteiger partial charge in [0.2, 0.25) is 0 Å². The van der Waals surface area contributed by atoms with Gasteiger partial charge in [0.25, 0.3) is 0 Å². The number of hydrogen-bond donors (Lipinski definition) is 1. The molecule has 0 unspecified atom stereocenters. The summed E-state index contributed by atoms with van der Waals surface area (Å²) in [5.41, 5.74) is -0.982. The number of halogens is 5. The van der Waals surface area contributed by atoms with Gasteiger partial charge in [0.15, 0.2) is 34.2 Å². The summed E-state index contributed by atoms with van der Waals surface area (Å²) >= 11 is 5.46. The minimum Gasteiger partial charge on any atom is -0.334 e. The van der Waals surface area contributed by atoms with Crippen LogP contribution in [0.2, 0.25) is 5.15 Å². The molecule has 0 aliphatic rings. The van der Waals surface area contributed by atoms with Crippen LogP contribution < -0.4 is 5.32 Å². The second-order valence-electron chi connectivity index (χ2n) is 3.21. The average molecular weight is 278 g/mol. The van der Waals surface area contributed by atoms with E-state index in [9.17, 15) is 17.6 Å². The smallest absolute Gasteiger partial charge is 0.185 e. The number of anilines is 2. The Labute approximate surface area is 103 Å². The molecule has 0 fully saturated rings. The molecule has 0 saturated carbocycles. The zero-order valence-electron chi connectivity index (χ0n) is 8.52. The molecule has 1 aromatic carbocycles. The van der Waals surface area contributed by atoms with Crippen LogP contribution in [0.25, 0.3) is 0 Å². The Balaban J connectivity index is 2.42. The third kappa shape index (κ3) is 2.35. The summed E-state index contributed by atoms with van der Waals surface area (Å²) in [6.07, 6.45) is 0. The highest BCUT2D eigenvalue weighted by Gasteiger charge is 2.19. The summed E-state index contributed by atoms with van der Waals surface area (Å²) < 4.78 is 52.4. The van der Waals surface area contributed by atoms with Crippen molar-refractivity contribution in [1.29, 1.82) is 0 Å². The SMILES string of the molecule is Fc1cc(F)c(F)c(Nc2ccc(Cl)nn2)c1F. The fourth-order valence-electron chi connectivity index (χ4n) is 1.19. The summed E-state index contributed by atoms with van der Waals surface area (Å²) in [6.45, 7) is 0. The minimum atomic E-state index is -1.55. The van der Waals surface area contributed by atoms with E-state index in [0.717, 1.165) is 0 Å². The first-order valence-electron chi connectivity index (χ1n) is 4.58. The maximum atomic E-state index is 13.3. The van der Waals surface area contributed by atoms with Gasteiger partial charge in [-0.05, 0) is 12.1 Å². The first-order valence-corrected chi connectivity index (χ1v) is 4.96. The number of hydrogen-bond acceptors (Lipinski definition) is 3. The zero-order chi connectivity index (χ0) is 13.3. The molecule has 0 aliphatic carbocycles. The van der Waals surface area contributed by atoms with Crippen LogP contribution >= 0.6 is 11.6 Å². The van der Waals surface area contributed by atoms with Crippen molar-refractivity contribution in [2.24, 2.45) is 0 Å². The van der Waals surface area contributed by atoms with E-state index in [2.05, 4.69) is 15.5 Å². The quantitative estimate of drug-likeness (QED) is 0.675. The molecule has 0 radical (unpaired) electrons. The van der Waals surface area contributed by atoms with Crippen molar-refractivity contribution in [2.75, 3.05) is 5.32 Å². The first-order chi connectivity index (χ1) is 8.49. The Morgan fingerprint density at radius 1 is 0.944 bits per heavy atom. The molecular formula is C10H4ClF4N3. The van der Waals surface area contributed by atoms with Gasteiger partial charge in [-0.25, -0.2) is 17.6 Å². The van der Waals surface area contributed by atoms with Crippen LogP contribution in [0.3, 0.4) is 0 Å². The summed E-state index contributed by atoms with van der Waals surface area (Å²) in [7, 11) is 0. The number of benzene rings is 1.